The van der Waals surface area contributed by atoms with Crippen LogP contribution in [-0.4, -0.2) is 0 Å². The highest BCUT2D eigenvalue weighted by Gasteiger charge is 2.36. The van der Waals surface area contributed by atoms with E-state index in [2.05, 4.69) is 159 Å². The summed E-state index contributed by atoms with van der Waals surface area (Å²) in [4.78, 5) is 0. The van der Waals surface area contributed by atoms with E-state index in [1.54, 1.807) is 0 Å². The number of hydrogen-bond donors (Lipinski definition) is 0. The van der Waals surface area contributed by atoms with E-state index in [9.17, 15) is 0 Å². The third-order valence-corrected chi connectivity index (χ3v) is 10.6. The Bertz CT molecular complexity index is 2520. The van der Waals surface area contributed by atoms with Gasteiger partial charge in [0.2, 0.25) is 0 Å². The second-order valence-electron chi connectivity index (χ2n) is 13.2. The second kappa shape index (κ2) is 8.80. The highest BCUT2D eigenvalue weighted by atomic mass is 14.4. The van der Waals surface area contributed by atoms with Crippen LogP contribution in [0.3, 0.4) is 0 Å². The first kappa shape index (κ1) is 24.9. The molecule has 10 rings (SSSR count). The van der Waals surface area contributed by atoms with Crippen molar-refractivity contribution < 1.29 is 0 Å². The van der Waals surface area contributed by atoms with E-state index in [1.165, 1.54) is 99.1 Å². The predicted molar refractivity (Wildman–Crippen MR) is 192 cm³/mol. The van der Waals surface area contributed by atoms with Crippen LogP contribution in [0.5, 0.6) is 0 Å². The minimum Gasteiger partial charge on any atom is -0.0622 e. The predicted octanol–water partition coefficient (Wildman–Crippen LogP) is 12.4. The minimum absolute atomic E-state index is 0.0757. The van der Waals surface area contributed by atoms with Gasteiger partial charge in [-0.3, -0.25) is 0 Å². The van der Waals surface area contributed by atoms with Crippen LogP contribution in [0.2, 0.25) is 0 Å². The highest BCUT2D eigenvalue weighted by Crippen LogP contribution is 2.55. The van der Waals surface area contributed by atoms with E-state index in [0.29, 0.717) is 0 Å². The third-order valence-electron chi connectivity index (χ3n) is 10.6. The molecule has 0 N–H and O–H groups in total. The quantitative estimate of drug-likeness (QED) is 0.181. The van der Waals surface area contributed by atoms with Crippen LogP contribution in [0, 0.1) is 0 Å². The summed E-state index contributed by atoms with van der Waals surface area (Å²) < 4.78 is 0. The molecule has 8 aromatic rings. The minimum atomic E-state index is -0.0757. The first-order chi connectivity index (χ1) is 22.1. The fourth-order valence-corrected chi connectivity index (χ4v) is 8.60. The van der Waals surface area contributed by atoms with Crippen molar-refractivity contribution in [2.45, 2.75) is 19.3 Å². The van der Waals surface area contributed by atoms with Gasteiger partial charge < -0.3 is 0 Å². The summed E-state index contributed by atoms with van der Waals surface area (Å²) >= 11 is 0. The Labute approximate surface area is 263 Å². The first-order valence-corrected chi connectivity index (χ1v) is 16.0. The topological polar surface area (TPSA) is 0 Å². The molecular weight excluding hydrogens is 540 g/mol. The molecule has 45 heavy (non-hydrogen) atoms. The Hall–Kier alpha value is -5.46. The summed E-state index contributed by atoms with van der Waals surface area (Å²) in [7, 11) is 0. The number of benzene rings is 8. The Kier molecular flexibility index (Phi) is 4.88. The largest absolute Gasteiger partial charge is 0.0622 e. The summed E-state index contributed by atoms with van der Waals surface area (Å²) in [6.45, 7) is 4.77. The molecule has 0 aromatic heterocycles. The van der Waals surface area contributed by atoms with Crippen molar-refractivity contribution in [3.05, 3.63) is 157 Å². The molecule has 2 aliphatic rings. The zero-order valence-electron chi connectivity index (χ0n) is 25.4. The smallest absolute Gasteiger partial charge is 0.0159 e. The molecule has 8 aromatic carbocycles. The summed E-state index contributed by atoms with van der Waals surface area (Å²) in [6, 6.07) is 54.6. The van der Waals surface area contributed by atoms with Gasteiger partial charge >= 0.3 is 0 Å². The molecule has 210 valence electrons. The van der Waals surface area contributed by atoms with Crippen LogP contribution in [0.15, 0.2) is 146 Å². The van der Waals surface area contributed by atoms with Gasteiger partial charge in [0.15, 0.2) is 0 Å². The van der Waals surface area contributed by atoms with E-state index in [4.69, 9.17) is 0 Å². The highest BCUT2D eigenvalue weighted by molar-refractivity contribution is 6.27. The van der Waals surface area contributed by atoms with Crippen molar-refractivity contribution in [1.82, 2.24) is 0 Å². The molecule has 0 spiro atoms. The van der Waals surface area contributed by atoms with Crippen LogP contribution in [0.25, 0.3) is 88.0 Å². The van der Waals surface area contributed by atoms with Gasteiger partial charge in [0.05, 0.1) is 0 Å². The number of hydrogen-bond acceptors (Lipinski definition) is 0. The van der Waals surface area contributed by atoms with Crippen LogP contribution >= 0.6 is 0 Å². The van der Waals surface area contributed by atoms with Crippen LogP contribution in [-0.2, 0) is 5.41 Å². The molecule has 0 nitrogen and oxygen atoms in total. The molecule has 2 aliphatic carbocycles. The zero-order chi connectivity index (χ0) is 29.9. The van der Waals surface area contributed by atoms with Crippen molar-refractivity contribution in [2.75, 3.05) is 0 Å². The van der Waals surface area contributed by atoms with Crippen LogP contribution in [0.4, 0.5) is 0 Å². The van der Waals surface area contributed by atoms with Gasteiger partial charge in [-0.25, -0.2) is 0 Å². The SMILES string of the molecule is CC1(C)c2ccccc2-c2cc3c(-c4ccc5c6c(cccc46)-c4ccccc4-5)c4ccccc4c(-c4ccccc4)c3cc21. The molecule has 0 heteroatoms. The summed E-state index contributed by atoms with van der Waals surface area (Å²) in [5, 5.41) is 7.92. The fourth-order valence-electron chi connectivity index (χ4n) is 8.60. The fraction of sp³-hybridized carbons (Fsp3) is 0.0667. The number of fused-ring (bicyclic) bond motifs is 8. The van der Waals surface area contributed by atoms with Gasteiger partial charge in [0, 0.05) is 5.41 Å². The second-order valence-corrected chi connectivity index (χ2v) is 13.2. The van der Waals surface area contributed by atoms with Gasteiger partial charge in [-0.15, -0.1) is 0 Å². The van der Waals surface area contributed by atoms with Gasteiger partial charge in [0.25, 0.3) is 0 Å². The third kappa shape index (κ3) is 3.21. The maximum Gasteiger partial charge on any atom is 0.0159 e. The maximum atomic E-state index is 2.53. The molecule has 0 unspecified atom stereocenters. The lowest BCUT2D eigenvalue weighted by Crippen LogP contribution is -2.14. The monoisotopic (exact) mass is 570 g/mol. The van der Waals surface area contributed by atoms with Crippen molar-refractivity contribution in [2.24, 2.45) is 0 Å². The Balaban J connectivity index is 1.40. The Morgan fingerprint density at radius 1 is 0.333 bits per heavy atom. The normalized spacial score (nSPS) is 13.7. The molecule has 0 radical (unpaired) electrons. The molecule has 0 atom stereocenters. The average molecular weight is 571 g/mol. The van der Waals surface area contributed by atoms with E-state index < -0.39 is 0 Å². The van der Waals surface area contributed by atoms with Gasteiger partial charge in [-0.2, -0.15) is 0 Å². The molecule has 0 amide bonds. The summed E-state index contributed by atoms with van der Waals surface area (Å²) in [6.07, 6.45) is 0. The first-order valence-electron chi connectivity index (χ1n) is 16.0. The summed E-state index contributed by atoms with van der Waals surface area (Å²) in [5.74, 6) is 0. The van der Waals surface area contributed by atoms with Crippen molar-refractivity contribution in [1.29, 1.82) is 0 Å². The molecule has 0 heterocycles. The van der Waals surface area contributed by atoms with Gasteiger partial charge in [-0.05, 0) is 111 Å². The lowest BCUT2D eigenvalue weighted by Gasteiger charge is -2.24. The van der Waals surface area contributed by atoms with E-state index in [1.807, 2.05) is 0 Å². The van der Waals surface area contributed by atoms with Gasteiger partial charge in [-0.1, -0.05) is 147 Å². The Morgan fingerprint density at radius 2 is 0.889 bits per heavy atom. The van der Waals surface area contributed by atoms with E-state index in [-0.39, 0.29) is 5.41 Å². The van der Waals surface area contributed by atoms with Crippen molar-refractivity contribution in [3.8, 4) is 55.6 Å². The zero-order valence-corrected chi connectivity index (χ0v) is 25.4. The molecule has 0 aliphatic heterocycles. The molecular formula is C45H30. The van der Waals surface area contributed by atoms with Crippen LogP contribution in [0.1, 0.15) is 25.0 Å². The van der Waals surface area contributed by atoms with Crippen molar-refractivity contribution in [3.63, 3.8) is 0 Å². The number of rotatable bonds is 2. The molecule has 0 fully saturated rings. The average Bonchev–Trinajstić information content (AvgIpc) is 3.53. The summed E-state index contributed by atoms with van der Waals surface area (Å²) in [5.41, 5.74) is 16.0. The molecule has 0 saturated heterocycles. The molecule has 0 bridgehead atoms. The van der Waals surface area contributed by atoms with Gasteiger partial charge in [0.1, 0.15) is 0 Å². The maximum absolute atomic E-state index is 2.53. The standard InChI is InChI=1S/C45H30/c1-45(2)40-22-11-10-17-30(40)37-25-38-39(26-41(37)45)42(27-13-4-3-5-14-27)32-18-8-9-19-33(32)44(38)36-24-23-35-29-16-7-6-15-28(29)31-20-12-21-34(36)43(31)35/h3-26H,1-2H3. The van der Waals surface area contributed by atoms with E-state index in [0.717, 1.165) is 0 Å². The lowest BCUT2D eigenvalue weighted by atomic mass is 9.79. The lowest BCUT2D eigenvalue weighted by molar-refractivity contribution is 0.661. The van der Waals surface area contributed by atoms with Crippen LogP contribution < -0.4 is 0 Å². The van der Waals surface area contributed by atoms with Crippen molar-refractivity contribution >= 4 is 32.3 Å². The molecule has 0 saturated carbocycles. The Morgan fingerprint density at radius 3 is 1.67 bits per heavy atom. The van der Waals surface area contributed by atoms with E-state index >= 15 is 0 Å².